The number of carbonyl (C=O) groups excluding carboxylic acids is 2. The molecule has 2 aromatic carbocycles. The highest BCUT2D eigenvalue weighted by molar-refractivity contribution is 5.90. The SMILES string of the molecule is COC(OC)[C@H]1C(OC(=O)c2ccc(-c3ccccc3)cc2)C[C@@H]2OC(=O)C[C@H]12. The van der Waals surface area contributed by atoms with Gasteiger partial charge in [0.25, 0.3) is 0 Å². The van der Waals surface area contributed by atoms with Gasteiger partial charge in [-0.3, -0.25) is 4.79 Å². The Bertz CT molecular complexity index is 859. The molecule has 29 heavy (non-hydrogen) atoms. The molecule has 2 aromatic rings. The summed E-state index contributed by atoms with van der Waals surface area (Å²) in [4.78, 5) is 24.5. The molecule has 2 fully saturated rings. The van der Waals surface area contributed by atoms with Crippen molar-refractivity contribution in [3.05, 3.63) is 60.2 Å². The van der Waals surface area contributed by atoms with Crippen molar-refractivity contribution in [3.8, 4) is 11.1 Å². The summed E-state index contributed by atoms with van der Waals surface area (Å²) < 4.78 is 22.1. The molecule has 6 nitrogen and oxygen atoms in total. The normalized spacial score (nSPS) is 25.7. The monoisotopic (exact) mass is 396 g/mol. The van der Waals surface area contributed by atoms with Gasteiger partial charge in [0, 0.05) is 26.6 Å². The Balaban J connectivity index is 1.49. The zero-order chi connectivity index (χ0) is 20.4. The fourth-order valence-corrected chi connectivity index (χ4v) is 4.45. The third kappa shape index (κ3) is 3.91. The summed E-state index contributed by atoms with van der Waals surface area (Å²) >= 11 is 0. The van der Waals surface area contributed by atoms with Gasteiger partial charge in [-0.25, -0.2) is 4.79 Å². The molecule has 4 atom stereocenters. The first-order chi connectivity index (χ1) is 14.1. The molecule has 1 aliphatic carbocycles. The number of esters is 2. The third-order valence-electron chi connectivity index (χ3n) is 5.82. The molecular weight excluding hydrogens is 372 g/mol. The van der Waals surface area contributed by atoms with Gasteiger partial charge in [-0.1, -0.05) is 42.5 Å². The fraction of sp³-hybridized carbons (Fsp3) is 0.391. The van der Waals surface area contributed by atoms with E-state index in [9.17, 15) is 9.59 Å². The summed E-state index contributed by atoms with van der Waals surface area (Å²) in [5, 5.41) is 0. The average Bonchev–Trinajstić information content (AvgIpc) is 3.26. The Labute approximate surface area is 169 Å². The van der Waals surface area contributed by atoms with E-state index in [4.69, 9.17) is 18.9 Å². The smallest absolute Gasteiger partial charge is 0.338 e. The lowest BCUT2D eigenvalue weighted by Gasteiger charge is -2.28. The van der Waals surface area contributed by atoms with Crippen LogP contribution in [0.2, 0.25) is 0 Å². The second-order valence-electron chi connectivity index (χ2n) is 7.44. The molecule has 1 aliphatic heterocycles. The van der Waals surface area contributed by atoms with Crippen molar-refractivity contribution in [2.24, 2.45) is 11.8 Å². The highest BCUT2D eigenvalue weighted by Gasteiger charge is 2.55. The van der Waals surface area contributed by atoms with Crippen LogP contribution in [0.5, 0.6) is 0 Å². The highest BCUT2D eigenvalue weighted by Crippen LogP contribution is 2.45. The largest absolute Gasteiger partial charge is 0.462 e. The average molecular weight is 396 g/mol. The first-order valence-corrected chi connectivity index (χ1v) is 9.72. The van der Waals surface area contributed by atoms with Gasteiger partial charge in [0.2, 0.25) is 0 Å². The maximum Gasteiger partial charge on any atom is 0.338 e. The van der Waals surface area contributed by atoms with Crippen LogP contribution < -0.4 is 0 Å². The Morgan fingerprint density at radius 2 is 1.66 bits per heavy atom. The van der Waals surface area contributed by atoms with E-state index >= 15 is 0 Å². The zero-order valence-electron chi connectivity index (χ0n) is 16.4. The van der Waals surface area contributed by atoms with E-state index < -0.39 is 18.4 Å². The summed E-state index contributed by atoms with van der Waals surface area (Å²) in [5.74, 6) is -0.964. The molecule has 1 saturated heterocycles. The van der Waals surface area contributed by atoms with Crippen LogP contribution in [-0.2, 0) is 23.7 Å². The van der Waals surface area contributed by atoms with Crippen molar-refractivity contribution >= 4 is 11.9 Å². The maximum absolute atomic E-state index is 12.8. The van der Waals surface area contributed by atoms with E-state index in [1.165, 1.54) is 0 Å². The molecule has 1 heterocycles. The number of methoxy groups -OCH3 is 2. The molecule has 6 heteroatoms. The summed E-state index contributed by atoms with van der Waals surface area (Å²) in [6, 6.07) is 17.3. The molecule has 2 aliphatic rings. The van der Waals surface area contributed by atoms with Crippen LogP contribution in [0.15, 0.2) is 54.6 Å². The molecule has 0 amide bonds. The summed E-state index contributed by atoms with van der Waals surface area (Å²) in [6.07, 6.45) is -0.531. The molecule has 0 spiro atoms. The zero-order valence-corrected chi connectivity index (χ0v) is 16.4. The van der Waals surface area contributed by atoms with E-state index in [0.29, 0.717) is 18.4 Å². The van der Waals surface area contributed by atoms with Gasteiger partial charge in [-0.05, 0) is 23.3 Å². The Hall–Kier alpha value is -2.70. The number of hydrogen-bond donors (Lipinski definition) is 0. The van der Waals surface area contributed by atoms with Gasteiger partial charge in [-0.2, -0.15) is 0 Å². The van der Waals surface area contributed by atoms with Gasteiger partial charge in [0.15, 0.2) is 6.29 Å². The molecule has 4 rings (SSSR count). The molecule has 1 unspecified atom stereocenters. The molecule has 152 valence electrons. The second-order valence-corrected chi connectivity index (χ2v) is 7.44. The van der Waals surface area contributed by atoms with Gasteiger partial charge in [-0.15, -0.1) is 0 Å². The number of rotatable bonds is 6. The number of ether oxygens (including phenoxy) is 4. The van der Waals surface area contributed by atoms with Gasteiger partial charge >= 0.3 is 11.9 Å². The van der Waals surface area contributed by atoms with Gasteiger partial charge in [0.05, 0.1) is 17.9 Å². The third-order valence-corrected chi connectivity index (χ3v) is 5.82. The van der Waals surface area contributed by atoms with E-state index in [0.717, 1.165) is 11.1 Å². The summed E-state index contributed by atoms with van der Waals surface area (Å²) in [7, 11) is 3.08. The molecule has 0 aromatic heterocycles. The number of benzene rings is 2. The number of carbonyl (C=O) groups is 2. The molecule has 0 radical (unpaired) electrons. The summed E-state index contributed by atoms with van der Waals surface area (Å²) in [5.41, 5.74) is 2.59. The lowest BCUT2D eigenvalue weighted by molar-refractivity contribution is -0.164. The molecule has 0 N–H and O–H groups in total. The topological polar surface area (TPSA) is 71.1 Å². The van der Waals surface area contributed by atoms with Crippen molar-refractivity contribution < 1.29 is 28.5 Å². The van der Waals surface area contributed by atoms with E-state index in [-0.39, 0.29) is 23.9 Å². The second kappa shape index (κ2) is 8.35. The maximum atomic E-state index is 12.8. The van der Waals surface area contributed by atoms with Crippen LogP contribution in [0.3, 0.4) is 0 Å². The minimum Gasteiger partial charge on any atom is -0.462 e. The van der Waals surface area contributed by atoms with Gasteiger partial charge < -0.3 is 18.9 Å². The van der Waals surface area contributed by atoms with Crippen LogP contribution in [0.1, 0.15) is 23.2 Å². The molecular formula is C23H24O6. The highest BCUT2D eigenvalue weighted by atomic mass is 16.7. The number of fused-ring (bicyclic) bond motifs is 1. The lowest BCUT2D eigenvalue weighted by atomic mass is 9.91. The molecule has 1 saturated carbocycles. The van der Waals surface area contributed by atoms with E-state index in [1.807, 2.05) is 42.5 Å². The first kappa shape index (κ1) is 19.6. The van der Waals surface area contributed by atoms with Crippen LogP contribution in [0.4, 0.5) is 0 Å². The van der Waals surface area contributed by atoms with Gasteiger partial charge in [0.1, 0.15) is 12.2 Å². The van der Waals surface area contributed by atoms with E-state index in [1.54, 1.807) is 26.4 Å². The quantitative estimate of drug-likeness (QED) is 0.550. The first-order valence-electron chi connectivity index (χ1n) is 9.72. The number of hydrogen-bond acceptors (Lipinski definition) is 6. The minimum atomic E-state index is -0.572. The van der Waals surface area contributed by atoms with E-state index in [2.05, 4.69) is 0 Å². The Morgan fingerprint density at radius 3 is 2.31 bits per heavy atom. The predicted octanol–water partition coefficient (Wildman–Crippen LogP) is 3.45. The van der Waals surface area contributed by atoms with Crippen LogP contribution in [-0.4, -0.2) is 44.7 Å². The predicted molar refractivity (Wildman–Crippen MR) is 105 cm³/mol. The van der Waals surface area contributed by atoms with Crippen molar-refractivity contribution in [3.63, 3.8) is 0 Å². The Kier molecular flexibility index (Phi) is 5.65. The summed E-state index contributed by atoms with van der Waals surface area (Å²) in [6.45, 7) is 0. The minimum absolute atomic E-state index is 0.0781. The lowest BCUT2D eigenvalue weighted by Crippen LogP contribution is -2.37. The van der Waals surface area contributed by atoms with Crippen molar-refractivity contribution in [2.45, 2.75) is 31.3 Å². The van der Waals surface area contributed by atoms with Crippen molar-refractivity contribution in [1.82, 2.24) is 0 Å². The Morgan fingerprint density at radius 1 is 1.00 bits per heavy atom. The van der Waals surface area contributed by atoms with Crippen LogP contribution in [0, 0.1) is 11.8 Å². The van der Waals surface area contributed by atoms with Crippen molar-refractivity contribution in [2.75, 3.05) is 14.2 Å². The van der Waals surface area contributed by atoms with Crippen molar-refractivity contribution in [1.29, 1.82) is 0 Å². The van der Waals surface area contributed by atoms with Crippen LogP contribution in [0.25, 0.3) is 11.1 Å². The standard InChI is InChI=1S/C23H24O6/c1-26-23(27-2)21-17-12-20(24)28-18(17)13-19(21)29-22(25)16-10-8-15(9-11-16)14-6-4-3-5-7-14/h3-11,17-19,21,23H,12-13H2,1-2H3/t17-,18-,19?,21+/m0/s1. The molecule has 0 bridgehead atoms. The van der Waals surface area contributed by atoms with Crippen LogP contribution >= 0.6 is 0 Å². The fourth-order valence-electron chi connectivity index (χ4n) is 4.45.